The summed E-state index contributed by atoms with van der Waals surface area (Å²) in [5.41, 5.74) is 5.26. The largest absolute Gasteiger partial charge is 0.294 e. The fraction of sp³-hybridized carbons (Fsp3) is 0. The zero-order chi connectivity index (χ0) is 16.6. The molecule has 0 fully saturated rings. The Bertz CT molecular complexity index is 1140. The predicted octanol–water partition coefficient (Wildman–Crippen LogP) is 5.24. The van der Waals surface area contributed by atoms with Crippen molar-refractivity contribution >= 4 is 21.9 Å². The Morgan fingerprint density at radius 3 is 2.36 bits per heavy atom. The second kappa shape index (κ2) is 5.56. The van der Waals surface area contributed by atoms with Gasteiger partial charge in [0.25, 0.3) is 0 Å². The van der Waals surface area contributed by atoms with E-state index in [4.69, 9.17) is 0 Å². The molecule has 5 aromatic rings. The Hall–Kier alpha value is -3.46. The maximum atomic E-state index is 4.64. The van der Waals surface area contributed by atoms with Crippen LogP contribution in [0.1, 0.15) is 0 Å². The number of benzene rings is 2. The van der Waals surface area contributed by atoms with E-state index in [1.807, 2.05) is 42.7 Å². The van der Waals surface area contributed by atoms with Gasteiger partial charge in [0, 0.05) is 28.7 Å². The number of para-hydroxylation sites is 1. The Labute approximate surface area is 145 Å². The van der Waals surface area contributed by atoms with Crippen LogP contribution in [0.5, 0.6) is 0 Å². The first kappa shape index (κ1) is 13.9. The summed E-state index contributed by atoms with van der Waals surface area (Å²) in [7, 11) is 0. The molecule has 0 aliphatic carbocycles. The van der Waals surface area contributed by atoms with Crippen molar-refractivity contribution in [1.29, 1.82) is 0 Å². The molecule has 0 aliphatic heterocycles. The Morgan fingerprint density at radius 1 is 0.640 bits per heavy atom. The van der Waals surface area contributed by atoms with Gasteiger partial charge in [-0.2, -0.15) is 0 Å². The average molecular weight is 321 g/mol. The SMILES string of the molecule is c1ccc(-c2cc(-n3c4ccccc4c4cccnc43)ccn2)cc1. The van der Waals surface area contributed by atoms with Crippen molar-refractivity contribution in [1.82, 2.24) is 14.5 Å². The Kier molecular flexibility index (Phi) is 3.10. The summed E-state index contributed by atoms with van der Waals surface area (Å²) in [5, 5.41) is 2.37. The molecule has 2 aromatic carbocycles. The summed E-state index contributed by atoms with van der Waals surface area (Å²) in [6.45, 7) is 0. The molecule has 0 saturated heterocycles. The molecule has 5 rings (SSSR count). The van der Waals surface area contributed by atoms with Crippen LogP contribution in [0.15, 0.2) is 91.3 Å². The van der Waals surface area contributed by atoms with Crippen LogP contribution in [0.25, 0.3) is 38.9 Å². The van der Waals surface area contributed by atoms with Gasteiger partial charge in [0.05, 0.1) is 16.9 Å². The van der Waals surface area contributed by atoms with Crippen molar-refractivity contribution in [2.75, 3.05) is 0 Å². The second-order valence-electron chi connectivity index (χ2n) is 5.99. The first-order chi connectivity index (χ1) is 12.4. The number of rotatable bonds is 2. The quantitative estimate of drug-likeness (QED) is 0.445. The molecule has 0 radical (unpaired) electrons. The molecule has 0 aliphatic rings. The summed E-state index contributed by atoms with van der Waals surface area (Å²) in [5.74, 6) is 0. The van der Waals surface area contributed by atoms with Crippen molar-refractivity contribution in [3.05, 3.63) is 91.3 Å². The maximum absolute atomic E-state index is 4.64. The summed E-state index contributed by atoms with van der Waals surface area (Å²) in [6, 6.07) is 26.9. The molecule has 3 heteroatoms. The highest BCUT2D eigenvalue weighted by Gasteiger charge is 2.13. The first-order valence-electron chi connectivity index (χ1n) is 8.28. The van der Waals surface area contributed by atoms with Crippen molar-refractivity contribution in [2.45, 2.75) is 0 Å². The molecule has 0 bridgehead atoms. The van der Waals surface area contributed by atoms with Crippen molar-refractivity contribution in [3.63, 3.8) is 0 Å². The minimum absolute atomic E-state index is 0.958. The van der Waals surface area contributed by atoms with Crippen LogP contribution in [0.4, 0.5) is 0 Å². The number of nitrogens with zero attached hydrogens (tertiary/aromatic N) is 3. The zero-order valence-electron chi connectivity index (χ0n) is 13.5. The fourth-order valence-electron chi connectivity index (χ4n) is 3.38. The molecule has 0 amide bonds. The molecule has 25 heavy (non-hydrogen) atoms. The average Bonchev–Trinajstić information content (AvgIpc) is 3.03. The minimum Gasteiger partial charge on any atom is -0.294 e. The van der Waals surface area contributed by atoms with Gasteiger partial charge in [0.1, 0.15) is 5.65 Å². The van der Waals surface area contributed by atoms with Crippen LogP contribution in [0, 0.1) is 0 Å². The highest BCUT2D eigenvalue weighted by Crippen LogP contribution is 2.31. The number of hydrogen-bond acceptors (Lipinski definition) is 2. The summed E-state index contributed by atoms with van der Waals surface area (Å²) in [6.07, 6.45) is 3.71. The lowest BCUT2D eigenvalue weighted by molar-refractivity contribution is 1.12. The van der Waals surface area contributed by atoms with Crippen LogP contribution in [-0.4, -0.2) is 14.5 Å². The van der Waals surface area contributed by atoms with Gasteiger partial charge in [0.2, 0.25) is 0 Å². The van der Waals surface area contributed by atoms with Gasteiger partial charge >= 0.3 is 0 Å². The number of pyridine rings is 2. The standard InChI is InChI=1S/C22H15N3/c1-2-7-16(8-3-1)20-15-17(12-14-23-20)25-21-11-5-4-9-18(21)19-10-6-13-24-22(19)25/h1-15H. The molecule has 0 atom stereocenters. The van der Waals surface area contributed by atoms with Crippen molar-refractivity contribution < 1.29 is 0 Å². The van der Waals surface area contributed by atoms with E-state index >= 15 is 0 Å². The van der Waals surface area contributed by atoms with E-state index < -0.39 is 0 Å². The van der Waals surface area contributed by atoms with Crippen molar-refractivity contribution in [2.24, 2.45) is 0 Å². The number of hydrogen-bond donors (Lipinski definition) is 0. The van der Waals surface area contributed by atoms with Crippen LogP contribution in [0.2, 0.25) is 0 Å². The third-order valence-corrected chi connectivity index (χ3v) is 4.50. The normalized spacial score (nSPS) is 11.2. The lowest BCUT2D eigenvalue weighted by atomic mass is 10.1. The first-order valence-corrected chi connectivity index (χ1v) is 8.28. The fourth-order valence-corrected chi connectivity index (χ4v) is 3.38. The Balaban J connectivity index is 1.81. The van der Waals surface area contributed by atoms with Gasteiger partial charge in [-0.25, -0.2) is 4.98 Å². The van der Waals surface area contributed by atoms with E-state index in [9.17, 15) is 0 Å². The van der Waals surface area contributed by atoms with E-state index in [-0.39, 0.29) is 0 Å². The van der Waals surface area contributed by atoms with E-state index in [0.29, 0.717) is 0 Å². The third kappa shape index (κ3) is 2.21. The van der Waals surface area contributed by atoms with E-state index in [1.54, 1.807) is 0 Å². The maximum Gasteiger partial charge on any atom is 0.145 e. The monoisotopic (exact) mass is 321 g/mol. The highest BCUT2D eigenvalue weighted by atomic mass is 15.0. The molecule has 0 unspecified atom stereocenters. The van der Waals surface area contributed by atoms with E-state index in [1.165, 1.54) is 5.39 Å². The second-order valence-corrected chi connectivity index (χ2v) is 5.99. The number of fused-ring (bicyclic) bond motifs is 3. The molecule has 0 saturated carbocycles. The van der Waals surface area contributed by atoms with Gasteiger partial charge in [0.15, 0.2) is 0 Å². The molecule has 118 valence electrons. The van der Waals surface area contributed by atoms with Gasteiger partial charge in [-0.3, -0.25) is 9.55 Å². The smallest absolute Gasteiger partial charge is 0.145 e. The number of aromatic nitrogens is 3. The summed E-state index contributed by atoms with van der Waals surface area (Å²) < 4.78 is 2.21. The van der Waals surface area contributed by atoms with E-state index in [2.05, 4.69) is 63.1 Å². The zero-order valence-corrected chi connectivity index (χ0v) is 13.5. The third-order valence-electron chi connectivity index (χ3n) is 4.50. The molecule has 3 heterocycles. The molecular weight excluding hydrogens is 306 g/mol. The van der Waals surface area contributed by atoms with Gasteiger partial charge < -0.3 is 0 Å². The Morgan fingerprint density at radius 2 is 1.44 bits per heavy atom. The van der Waals surface area contributed by atoms with Gasteiger partial charge in [-0.15, -0.1) is 0 Å². The molecule has 3 nitrogen and oxygen atoms in total. The lowest BCUT2D eigenvalue weighted by Gasteiger charge is -2.09. The minimum atomic E-state index is 0.958. The van der Waals surface area contributed by atoms with Crippen LogP contribution in [0.3, 0.4) is 0 Å². The molecule has 3 aromatic heterocycles. The highest BCUT2D eigenvalue weighted by molar-refractivity contribution is 6.07. The molecular formula is C22H15N3. The lowest BCUT2D eigenvalue weighted by Crippen LogP contribution is -1.96. The van der Waals surface area contributed by atoms with Gasteiger partial charge in [-0.05, 0) is 30.3 Å². The summed E-state index contributed by atoms with van der Waals surface area (Å²) in [4.78, 5) is 9.19. The van der Waals surface area contributed by atoms with Crippen molar-refractivity contribution in [3.8, 4) is 16.9 Å². The van der Waals surface area contributed by atoms with E-state index in [0.717, 1.165) is 33.5 Å². The predicted molar refractivity (Wildman–Crippen MR) is 102 cm³/mol. The molecule has 0 N–H and O–H groups in total. The molecule has 0 spiro atoms. The van der Waals surface area contributed by atoms with Crippen LogP contribution in [-0.2, 0) is 0 Å². The summed E-state index contributed by atoms with van der Waals surface area (Å²) >= 11 is 0. The van der Waals surface area contributed by atoms with Crippen LogP contribution >= 0.6 is 0 Å². The topological polar surface area (TPSA) is 30.7 Å². The van der Waals surface area contributed by atoms with Crippen LogP contribution < -0.4 is 0 Å². The van der Waals surface area contributed by atoms with Gasteiger partial charge in [-0.1, -0.05) is 48.5 Å².